The van der Waals surface area contributed by atoms with Gasteiger partial charge in [-0.25, -0.2) is 0 Å². The van der Waals surface area contributed by atoms with Gasteiger partial charge in [-0.1, -0.05) is 0 Å². The Balaban J connectivity index is 2.48. The van der Waals surface area contributed by atoms with Crippen LogP contribution in [0.5, 0.6) is 0 Å². The topological polar surface area (TPSA) is 49.7 Å². The molecule has 0 saturated carbocycles. The van der Waals surface area contributed by atoms with Gasteiger partial charge in [0.1, 0.15) is 5.44 Å². The monoisotopic (exact) mass is 178 g/mol. The Bertz CT molecular complexity index is 131. The minimum absolute atomic E-state index is 0.157. The van der Waals surface area contributed by atoms with Crippen LogP contribution in [-0.2, 0) is 4.74 Å². The lowest BCUT2D eigenvalue weighted by Crippen LogP contribution is -2.44. The summed E-state index contributed by atoms with van der Waals surface area (Å²) in [7, 11) is 0. The molecule has 0 aromatic heterocycles. The van der Waals surface area contributed by atoms with Crippen LogP contribution in [0.2, 0.25) is 0 Å². The quantitative estimate of drug-likeness (QED) is 0.602. The first kappa shape index (κ1) is 9.32. The molecule has 4 atom stereocenters. The number of hydrogen-bond acceptors (Lipinski definition) is 4. The Hall–Kier alpha value is 0.230. The first-order valence-corrected chi connectivity index (χ1v) is 4.98. The fourth-order valence-corrected chi connectivity index (χ4v) is 1.87. The maximum atomic E-state index is 9.35. The van der Waals surface area contributed by atoms with Gasteiger partial charge in [-0.2, -0.15) is 0 Å². The molecule has 11 heavy (non-hydrogen) atoms. The lowest BCUT2D eigenvalue weighted by Gasteiger charge is -2.34. The first-order valence-electron chi connectivity index (χ1n) is 3.69. The molecule has 0 bridgehead atoms. The van der Waals surface area contributed by atoms with Crippen LogP contribution in [-0.4, -0.2) is 40.2 Å². The van der Waals surface area contributed by atoms with Crippen molar-refractivity contribution in [3.05, 3.63) is 0 Å². The maximum Gasteiger partial charge on any atom is 0.129 e. The molecule has 2 N–H and O–H groups in total. The summed E-state index contributed by atoms with van der Waals surface area (Å²) in [5.74, 6) is 0. The van der Waals surface area contributed by atoms with E-state index >= 15 is 0 Å². The standard InChI is InChI=1S/C7H14O3S/c1-4-5(8)3-6(9)7(10-4)11-2/h4-9H,3H2,1-2H3/t4-,5+,6+,7-/m0/s1. The summed E-state index contributed by atoms with van der Waals surface area (Å²) in [5, 5.41) is 18.6. The number of aliphatic hydroxyl groups is 2. The average Bonchev–Trinajstić information content (AvgIpc) is 1.97. The Labute approximate surface area is 70.7 Å². The molecule has 1 aliphatic rings. The van der Waals surface area contributed by atoms with Crippen molar-refractivity contribution in [3.63, 3.8) is 0 Å². The van der Waals surface area contributed by atoms with Crippen molar-refractivity contribution in [1.82, 2.24) is 0 Å². The Morgan fingerprint density at radius 3 is 2.55 bits per heavy atom. The largest absolute Gasteiger partial charge is 0.390 e. The first-order chi connectivity index (χ1) is 5.15. The van der Waals surface area contributed by atoms with Crippen LogP contribution in [0.15, 0.2) is 0 Å². The third kappa shape index (κ3) is 2.08. The van der Waals surface area contributed by atoms with E-state index in [1.807, 2.05) is 13.2 Å². The zero-order valence-electron chi connectivity index (χ0n) is 6.73. The molecular formula is C7H14O3S. The molecule has 1 rings (SSSR count). The summed E-state index contributed by atoms with van der Waals surface area (Å²) < 4.78 is 5.32. The van der Waals surface area contributed by atoms with Crippen LogP contribution in [0.1, 0.15) is 13.3 Å². The highest BCUT2D eigenvalue weighted by molar-refractivity contribution is 7.99. The van der Waals surface area contributed by atoms with Crippen molar-refractivity contribution in [2.75, 3.05) is 6.26 Å². The molecule has 1 fully saturated rings. The van der Waals surface area contributed by atoms with Gasteiger partial charge in [0, 0.05) is 6.42 Å². The lowest BCUT2D eigenvalue weighted by molar-refractivity contribution is -0.129. The Morgan fingerprint density at radius 2 is 2.00 bits per heavy atom. The summed E-state index contributed by atoms with van der Waals surface area (Å²) in [4.78, 5) is 0. The molecular weight excluding hydrogens is 164 g/mol. The molecule has 1 heterocycles. The van der Waals surface area contributed by atoms with Gasteiger partial charge in [-0.15, -0.1) is 11.8 Å². The third-order valence-electron chi connectivity index (χ3n) is 1.92. The van der Waals surface area contributed by atoms with E-state index in [-0.39, 0.29) is 11.5 Å². The number of ether oxygens (including phenoxy) is 1. The highest BCUT2D eigenvalue weighted by Gasteiger charge is 2.32. The van der Waals surface area contributed by atoms with Crippen molar-refractivity contribution in [3.8, 4) is 0 Å². The number of aliphatic hydroxyl groups excluding tert-OH is 2. The lowest BCUT2D eigenvalue weighted by atomic mass is 10.1. The van der Waals surface area contributed by atoms with Crippen molar-refractivity contribution < 1.29 is 14.9 Å². The van der Waals surface area contributed by atoms with Crippen LogP contribution in [0.3, 0.4) is 0 Å². The van der Waals surface area contributed by atoms with Gasteiger partial charge in [-0.05, 0) is 13.2 Å². The van der Waals surface area contributed by atoms with E-state index in [0.29, 0.717) is 6.42 Å². The summed E-state index contributed by atoms with van der Waals surface area (Å²) in [6.45, 7) is 1.82. The maximum absolute atomic E-state index is 9.35. The molecule has 4 heteroatoms. The molecule has 0 aromatic carbocycles. The zero-order chi connectivity index (χ0) is 8.43. The average molecular weight is 178 g/mol. The fraction of sp³-hybridized carbons (Fsp3) is 1.00. The van der Waals surface area contributed by atoms with Crippen molar-refractivity contribution in [2.24, 2.45) is 0 Å². The van der Waals surface area contributed by atoms with E-state index in [1.54, 1.807) is 0 Å². The van der Waals surface area contributed by atoms with Gasteiger partial charge in [-0.3, -0.25) is 0 Å². The molecule has 0 spiro atoms. The minimum Gasteiger partial charge on any atom is -0.390 e. The minimum atomic E-state index is -0.531. The van der Waals surface area contributed by atoms with Crippen molar-refractivity contribution in [2.45, 2.75) is 37.1 Å². The zero-order valence-corrected chi connectivity index (χ0v) is 7.54. The van der Waals surface area contributed by atoms with Crippen LogP contribution < -0.4 is 0 Å². The van der Waals surface area contributed by atoms with Crippen LogP contribution in [0, 0.1) is 0 Å². The van der Waals surface area contributed by atoms with Crippen molar-refractivity contribution >= 4 is 11.8 Å². The molecule has 0 amide bonds. The second-order valence-corrected chi connectivity index (χ2v) is 3.75. The molecule has 1 aliphatic heterocycles. The summed E-state index contributed by atoms with van der Waals surface area (Å²) in [5.41, 5.74) is -0.173. The van der Waals surface area contributed by atoms with Crippen LogP contribution >= 0.6 is 11.8 Å². The van der Waals surface area contributed by atoms with Crippen LogP contribution in [0.4, 0.5) is 0 Å². The van der Waals surface area contributed by atoms with E-state index in [9.17, 15) is 10.2 Å². The van der Waals surface area contributed by atoms with Gasteiger partial charge in [0.15, 0.2) is 0 Å². The van der Waals surface area contributed by atoms with E-state index in [1.165, 1.54) is 11.8 Å². The molecule has 0 aliphatic carbocycles. The van der Waals surface area contributed by atoms with E-state index in [4.69, 9.17) is 4.74 Å². The van der Waals surface area contributed by atoms with E-state index in [0.717, 1.165) is 0 Å². The molecule has 0 radical (unpaired) electrons. The summed E-state index contributed by atoms with van der Waals surface area (Å²) in [6.07, 6.45) is 1.10. The Morgan fingerprint density at radius 1 is 1.36 bits per heavy atom. The van der Waals surface area contributed by atoms with Gasteiger partial charge >= 0.3 is 0 Å². The fourth-order valence-electron chi connectivity index (χ4n) is 1.16. The predicted molar refractivity (Wildman–Crippen MR) is 44.5 cm³/mol. The number of rotatable bonds is 1. The molecule has 1 saturated heterocycles. The highest BCUT2D eigenvalue weighted by atomic mass is 32.2. The number of hydrogen-bond donors (Lipinski definition) is 2. The van der Waals surface area contributed by atoms with Crippen LogP contribution in [0.25, 0.3) is 0 Å². The van der Waals surface area contributed by atoms with Crippen molar-refractivity contribution in [1.29, 1.82) is 0 Å². The van der Waals surface area contributed by atoms with Gasteiger partial charge in [0.25, 0.3) is 0 Å². The van der Waals surface area contributed by atoms with E-state index in [2.05, 4.69) is 0 Å². The second kappa shape index (κ2) is 3.76. The van der Waals surface area contributed by atoms with Gasteiger partial charge < -0.3 is 14.9 Å². The second-order valence-electron chi connectivity index (χ2n) is 2.82. The van der Waals surface area contributed by atoms with Gasteiger partial charge in [0.05, 0.1) is 18.3 Å². The smallest absolute Gasteiger partial charge is 0.129 e. The Kier molecular flexibility index (Phi) is 3.18. The normalized spacial score (nSPS) is 45.8. The molecule has 0 unspecified atom stereocenters. The molecule has 0 aromatic rings. The molecule has 66 valence electrons. The highest BCUT2D eigenvalue weighted by Crippen LogP contribution is 2.25. The molecule has 3 nitrogen and oxygen atoms in total. The number of thioether (sulfide) groups is 1. The summed E-state index contributed by atoms with van der Waals surface area (Å²) in [6, 6.07) is 0. The summed E-state index contributed by atoms with van der Waals surface area (Å²) >= 11 is 1.48. The SMILES string of the molecule is CS[C@@H]1O[C@@H](C)[C@H](O)C[C@H]1O. The predicted octanol–water partition coefficient (Wildman–Crippen LogP) is 0.206. The van der Waals surface area contributed by atoms with E-state index < -0.39 is 12.2 Å². The van der Waals surface area contributed by atoms with Gasteiger partial charge in [0.2, 0.25) is 0 Å². The third-order valence-corrected chi connectivity index (χ3v) is 2.81.